The first-order valence-corrected chi connectivity index (χ1v) is 10.0. The molecule has 1 N–H and O–H groups in total. The molecular weight excluding hydrogens is 324 g/mol. The van der Waals surface area contributed by atoms with Gasteiger partial charge in [-0.2, -0.15) is 0 Å². The van der Waals surface area contributed by atoms with Gasteiger partial charge in [-0.1, -0.05) is 43.0 Å². The van der Waals surface area contributed by atoms with Crippen LogP contribution in [-0.2, 0) is 10.0 Å². The van der Waals surface area contributed by atoms with Gasteiger partial charge in [-0.3, -0.25) is 0 Å². The number of benzene rings is 1. The van der Waals surface area contributed by atoms with Crippen LogP contribution < -0.4 is 4.72 Å². The molecule has 0 bridgehead atoms. The lowest BCUT2D eigenvalue weighted by atomic mass is 10.0. The molecule has 1 aromatic carbocycles. The molecule has 130 valence electrons. The van der Waals surface area contributed by atoms with Crippen LogP contribution in [0.1, 0.15) is 50.0 Å². The molecule has 1 aromatic heterocycles. The van der Waals surface area contributed by atoms with Gasteiger partial charge < -0.3 is 4.52 Å². The van der Waals surface area contributed by atoms with E-state index in [9.17, 15) is 8.42 Å². The summed E-state index contributed by atoms with van der Waals surface area (Å²) in [5.74, 6) is 0.736. The number of aryl methyl sites for hydroxylation is 2. The summed E-state index contributed by atoms with van der Waals surface area (Å²) in [7, 11) is -3.47. The van der Waals surface area contributed by atoms with Crippen molar-refractivity contribution in [3.8, 4) is 11.1 Å². The monoisotopic (exact) mass is 348 g/mol. The summed E-state index contributed by atoms with van der Waals surface area (Å²) in [6.07, 6.45) is 6.44. The minimum atomic E-state index is -3.47. The average Bonchev–Trinajstić information content (AvgIpc) is 2.75. The molecular formula is C18H24N2O3S. The second-order valence-electron chi connectivity index (χ2n) is 6.53. The first-order valence-electron chi connectivity index (χ1n) is 8.53. The van der Waals surface area contributed by atoms with Gasteiger partial charge in [0.05, 0.1) is 10.6 Å². The highest BCUT2D eigenvalue weighted by Gasteiger charge is 2.21. The Morgan fingerprint density at radius 1 is 1.04 bits per heavy atom. The molecule has 0 atom stereocenters. The Kier molecular flexibility index (Phi) is 5.06. The summed E-state index contributed by atoms with van der Waals surface area (Å²) in [5.41, 5.74) is 2.65. The molecule has 1 aliphatic carbocycles. The van der Waals surface area contributed by atoms with Crippen molar-refractivity contribution in [1.82, 2.24) is 9.88 Å². The first-order chi connectivity index (χ1) is 11.5. The van der Waals surface area contributed by atoms with E-state index in [4.69, 9.17) is 4.52 Å². The summed E-state index contributed by atoms with van der Waals surface area (Å²) in [6, 6.07) is 6.99. The maximum atomic E-state index is 12.6. The van der Waals surface area contributed by atoms with Gasteiger partial charge in [0.2, 0.25) is 10.0 Å². The Balaban J connectivity index is 1.79. The number of hydrogen-bond donors (Lipinski definition) is 1. The fourth-order valence-electron chi connectivity index (χ4n) is 3.38. The second kappa shape index (κ2) is 7.07. The SMILES string of the molecule is Cc1noc(C)c1-c1ccc(S(=O)(=O)NC2CCCCCC2)cc1. The topological polar surface area (TPSA) is 72.2 Å². The van der Waals surface area contributed by atoms with Gasteiger partial charge in [0.25, 0.3) is 0 Å². The van der Waals surface area contributed by atoms with E-state index in [0.29, 0.717) is 4.90 Å². The van der Waals surface area contributed by atoms with Crippen LogP contribution in [0.2, 0.25) is 0 Å². The van der Waals surface area contributed by atoms with Gasteiger partial charge in [-0.25, -0.2) is 13.1 Å². The molecule has 2 aromatic rings. The Morgan fingerprint density at radius 3 is 2.21 bits per heavy atom. The molecule has 1 heterocycles. The number of hydrogen-bond acceptors (Lipinski definition) is 4. The average molecular weight is 348 g/mol. The summed E-state index contributed by atoms with van der Waals surface area (Å²) in [6.45, 7) is 3.73. The largest absolute Gasteiger partial charge is 0.361 e. The number of rotatable bonds is 4. The third-order valence-electron chi connectivity index (χ3n) is 4.66. The zero-order valence-corrected chi connectivity index (χ0v) is 15.0. The highest BCUT2D eigenvalue weighted by Crippen LogP contribution is 2.28. The van der Waals surface area contributed by atoms with Crippen molar-refractivity contribution in [2.45, 2.75) is 63.3 Å². The van der Waals surface area contributed by atoms with Crippen LogP contribution in [0.5, 0.6) is 0 Å². The smallest absolute Gasteiger partial charge is 0.240 e. The first kappa shape index (κ1) is 17.2. The summed E-state index contributed by atoms with van der Waals surface area (Å²) in [4.78, 5) is 0.308. The minimum Gasteiger partial charge on any atom is -0.361 e. The predicted octanol–water partition coefficient (Wildman–Crippen LogP) is 3.96. The fraction of sp³-hybridized carbons (Fsp3) is 0.500. The van der Waals surface area contributed by atoms with Crippen molar-refractivity contribution in [2.24, 2.45) is 0 Å². The van der Waals surface area contributed by atoms with Gasteiger partial charge >= 0.3 is 0 Å². The van der Waals surface area contributed by atoms with Gasteiger partial charge in [0.1, 0.15) is 5.76 Å². The molecule has 1 aliphatic rings. The van der Waals surface area contributed by atoms with Crippen molar-refractivity contribution in [3.05, 3.63) is 35.7 Å². The highest BCUT2D eigenvalue weighted by molar-refractivity contribution is 7.89. The van der Waals surface area contributed by atoms with Crippen LogP contribution in [0.25, 0.3) is 11.1 Å². The van der Waals surface area contributed by atoms with Crippen LogP contribution in [0.15, 0.2) is 33.7 Å². The van der Waals surface area contributed by atoms with E-state index >= 15 is 0 Å². The fourth-order valence-corrected chi connectivity index (χ4v) is 4.69. The second-order valence-corrected chi connectivity index (χ2v) is 8.25. The maximum absolute atomic E-state index is 12.6. The number of nitrogens with one attached hydrogen (secondary N) is 1. The lowest BCUT2D eigenvalue weighted by Crippen LogP contribution is -2.34. The molecule has 0 aliphatic heterocycles. The molecule has 0 amide bonds. The molecule has 6 heteroatoms. The Bertz CT molecular complexity index is 767. The Hall–Kier alpha value is -1.66. The Labute approximate surface area is 143 Å². The van der Waals surface area contributed by atoms with Crippen LogP contribution in [0.3, 0.4) is 0 Å². The van der Waals surface area contributed by atoms with E-state index in [1.165, 1.54) is 12.8 Å². The van der Waals surface area contributed by atoms with E-state index in [-0.39, 0.29) is 6.04 Å². The summed E-state index contributed by atoms with van der Waals surface area (Å²) in [5, 5.41) is 3.94. The molecule has 5 nitrogen and oxygen atoms in total. The quantitative estimate of drug-likeness (QED) is 0.849. The van der Waals surface area contributed by atoms with Crippen molar-refractivity contribution >= 4 is 10.0 Å². The molecule has 0 unspecified atom stereocenters. The van der Waals surface area contributed by atoms with Gasteiger partial charge in [0.15, 0.2) is 0 Å². The molecule has 1 saturated carbocycles. The molecule has 0 spiro atoms. The zero-order chi connectivity index (χ0) is 17.2. The predicted molar refractivity (Wildman–Crippen MR) is 93.2 cm³/mol. The van der Waals surface area contributed by atoms with Crippen LogP contribution in [0, 0.1) is 13.8 Å². The lowest BCUT2D eigenvalue weighted by Gasteiger charge is -2.16. The maximum Gasteiger partial charge on any atom is 0.240 e. The Morgan fingerprint density at radius 2 is 1.67 bits per heavy atom. The van der Waals surface area contributed by atoms with E-state index in [0.717, 1.165) is 48.3 Å². The van der Waals surface area contributed by atoms with E-state index < -0.39 is 10.0 Å². The molecule has 0 radical (unpaired) electrons. The van der Waals surface area contributed by atoms with Gasteiger partial charge in [0, 0.05) is 11.6 Å². The van der Waals surface area contributed by atoms with Crippen molar-refractivity contribution in [1.29, 1.82) is 0 Å². The molecule has 0 saturated heterocycles. The van der Waals surface area contributed by atoms with Crippen molar-refractivity contribution in [2.75, 3.05) is 0 Å². The van der Waals surface area contributed by atoms with Gasteiger partial charge in [-0.05, 0) is 44.4 Å². The molecule has 1 fully saturated rings. The number of nitrogens with zero attached hydrogens (tertiary/aromatic N) is 1. The standard InChI is InChI=1S/C18H24N2O3S/c1-13-18(14(2)23-19-13)15-9-11-17(12-10-15)24(21,22)20-16-7-5-3-4-6-8-16/h9-12,16,20H,3-8H2,1-2H3. The van der Waals surface area contributed by atoms with E-state index in [2.05, 4.69) is 9.88 Å². The minimum absolute atomic E-state index is 0.0553. The van der Waals surface area contributed by atoms with E-state index in [1.807, 2.05) is 26.0 Å². The van der Waals surface area contributed by atoms with Crippen molar-refractivity contribution < 1.29 is 12.9 Å². The van der Waals surface area contributed by atoms with Crippen LogP contribution in [0.4, 0.5) is 0 Å². The number of sulfonamides is 1. The number of aromatic nitrogens is 1. The normalized spacial score (nSPS) is 16.9. The van der Waals surface area contributed by atoms with Crippen LogP contribution >= 0.6 is 0 Å². The van der Waals surface area contributed by atoms with Crippen LogP contribution in [-0.4, -0.2) is 19.6 Å². The summed E-state index contributed by atoms with van der Waals surface area (Å²) < 4.78 is 33.3. The summed E-state index contributed by atoms with van der Waals surface area (Å²) >= 11 is 0. The zero-order valence-electron chi connectivity index (χ0n) is 14.2. The molecule has 3 rings (SSSR count). The molecule has 24 heavy (non-hydrogen) atoms. The highest BCUT2D eigenvalue weighted by atomic mass is 32.2. The lowest BCUT2D eigenvalue weighted by molar-refractivity contribution is 0.393. The third kappa shape index (κ3) is 3.70. The van der Waals surface area contributed by atoms with Gasteiger partial charge in [-0.15, -0.1) is 0 Å². The van der Waals surface area contributed by atoms with Crippen molar-refractivity contribution in [3.63, 3.8) is 0 Å². The third-order valence-corrected chi connectivity index (χ3v) is 6.20. The van der Waals surface area contributed by atoms with E-state index in [1.54, 1.807) is 12.1 Å².